The number of ether oxygens (including phenoxy) is 3. The Balaban J connectivity index is 1.68. The van der Waals surface area contributed by atoms with Crippen molar-refractivity contribution < 1.29 is 23.8 Å². The molecule has 0 saturated carbocycles. The molecule has 0 bridgehead atoms. The van der Waals surface area contributed by atoms with Crippen molar-refractivity contribution in [1.82, 2.24) is 5.32 Å². The molecular formula is C18H18N2O5. The average molecular weight is 342 g/mol. The van der Waals surface area contributed by atoms with Gasteiger partial charge in [-0.25, -0.2) is 0 Å². The lowest BCUT2D eigenvalue weighted by Crippen LogP contribution is -2.26. The Morgan fingerprint density at radius 2 is 1.96 bits per heavy atom. The maximum absolute atomic E-state index is 12.3. The standard InChI is InChI=1S/C18H18N2O5/c1-23-14-6-3-11(7-16(14)24-2)9-19-18(22)12-4-5-13-15(8-12)25-10-17(21)20-13/h3-8H,9-10H2,1-2H3,(H,19,22)(H,20,21). The maximum atomic E-state index is 12.3. The van der Waals surface area contributed by atoms with Crippen LogP contribution in [-0.4, -0.2) is 32.6 Å². The molecule has 0 fully saturated rings. The molecular weight excluding hydrogens is 324 g/mol. The van der Waals surface area contributed by atoms with E-state index in [1.54, 1.807) is 38.5 Å². The van der Waals surface area contributed by atoms with E-state index in [1.807, 2.05) is 12.1 Å². The second kappa shape index (κ2) is 7.12. The van der Waals surface area contributed by atoms with Gasteiger partial charge in [0.1, 0.15) is 5.75 Å². The number of methoxy groups -OCH3 is 2. The van der Waals surface area contributed by atoms with Gasteiger partial charge in [-0.1, -0.05) is 6.07 Å². The first kappa shape index (κ1) is 16.6. The molecule has 1 heterocycles. The highest BCUT2D eigenvalue weighted by atomic mass is 16.5. The van der Waals surface area contributed by atoms with Crippen LogP contribution in [0.4, 0.5) is 5.69 Å². The SMILES string of the molecule is COc1ccc(CNC(=O)c2ccc3c(c2)OCC(=O)N3)cc1OC. The molecule has 0 saturated heterocycles. The molecule has 0 spiro atoms. The molecule has 0 atom stereocenters. The van der Waals surface area contributed by atoms with Crippen molar-refractivity contribution in [3.63, 3.8) is 0 Å². The highest BCUT2D eigenvalue weighted by molar-refractivity contribution is 5.98. The summed E-state index contributed by atoms with van der Waals surface area (Å²) in [6.07, 6.45) is 0. The summed E-state index contributed by atoms with van der Waals surface area (Å²) < 4.78 is 15.8. The molecule has 1 aliphatic rings. The number of amides is 2. The highest BCUT2D eigenvalue weighted by Gasteiger charge is 2.17. The van der Waals surface area contributed by atoms with E-state index in [4.69, 9.17) is 14.2 Å². The fourth-order valence-electron chi connectivity index (χ4n) is 2.49. The average Bonchev–Trinajstić information content (AvgIpc) is 2.65. The summed E-state index contributed by atoms with van der Waals surface area (Å²) in [4.78, 5) is 23.6. The Morgan fingerprint density at radius 1 is 1.16 bits per heavy atom. The van der Waals surface area contributed by atoms with Crippen LogP contribution in [0.1, 0.15) is 15.9 Å². The second-order valence-corrected chi connectivity index (χ2v) is 5.42. The number of rotatable bonds is 5. The molecule has 0 aromatic heterocycles. The first-order chi connectivity index (χ1) is 12.1. The van der Waals surface area contributed by atoms with E-state index in [-0.39, 0.29) is 18.4 Å². The first-order valence-electron chi connectivity index (χ1n) is 7.66. The summed E-state index contributed by atoms with van der Waals surface area (Å²) in [5.41, 5.74) is 1.90. The van der Waals surface area contributed by atoms with Crippen LogP contribution in [-0.2, 0) is 11.3 Å². The van der Waals surface area contributed by atoms with E-state index in [2.05, 4.69) is 10.6 Å². The van der Waals surface area contributed by atoms with E-state index in [0.29, 0.717) is 35.0 Å². The van der Waals surface area contributed by atoms with Crippen molar-refractivity contribution in [3.8, 4) is 17.2 Å². The van der Waals surface area contributed by atoms with Crippen molar-refractivity contribution in [2.75, 3.05) is 26.1 Å². The molecule has 0 unspecified atom stereocenters. The lowest BCUT2D eigenvalue weighted by atomic mass is 10.1. The molecule has 7 nitrogen and oxygen atoms in total. The molecule has 2 aromatic carbocycles. The van der Waals surface area contributed by atoms with Crippen LogP contribution in [0.3, 0.4) is 0 Å². The predicted molar refractivity (Wildman–Crippen MR) is 91.3 cm³/mol. The number of fused-ring (bicyclic) bond motifs is 1. The molecule has 0 radical (unpaired) electrons. The van der Waals surface area contributed by atoms with Gasteiger partial charge in [0.2, 0.25) is 0 Å². The quantitative estimate of drug-likeness (QED) is 0.868. The van der Waals surface area contributed by atoms with Crippen molar-refractivity contribution >= 4 is 17.5 Å². The third-order valence-electron chi connectivity index (χ3n) is 3.78. The summed E-state index contributed by atoms with van der Waals surface area (Å²) in [6, 6.07) is 10.3. The van der Waals surface area contributed by atoms with E-state index >= 15 is 0 Å². The molecule has 2 N–H and O–H groups in total. The Hall–Kier alpha value is -3.22. The largest absolute Gasteiger partial charge is 0.493 e. The van der Waals surface area contributed by atoms with E-state index in [1.165, 1.54) is 0 Å². The Kier molecular flexibility index (Phi) is 4.74. The smallest absolute Gasteiger partial charge is 0.262 e. The number of carbonyl (C=O) groups is 2. The van der Waals surface area contributed by atoms with Gasteiger partial charge in [0.15, 0.2) is 18.1 Å². The fraction of sp³-hybridized carbons (Fsp3) is 0.222. The van der Waals surface area contributed by atoms with E-state index in [0.717, 1.165) is 5.56 Å². The summed E-state index contributed by atoms with van der Waals surface area (Å²) in [5.74, 6) is 1.27. The van der Waals surface area contributed by atoms with Crippen LogP contribution >= 0.6 is 0 Å². The lowest BCUT2D eigenvalue weighted by molar-refractivity contribution is -0.118. The molecule has 3 rings (SSSR count). The number of anilines is 1. The van der Waals surface area contributed by atoms with Crippen molar-refractivity contribution in [3.05, 3.63) is 47.5 Å². The summed E-state index contributed by atoms with van der Waals surface area (Å²) in [5, 5.41) is 5.53. The van der Waals surface area contributed by atoms with Gasteiger partial charge in [-0.3, -0.25) is 9.59 Å². The molecule has 25 heavy (non-hydrogen) atoms. The van der Waals surface area contributed by atoms with Gasteiger partial charge in [-0.15, -0.1) is 0 Å². The molecule has 2 amide bonds. The summed E-state index contributed by atoms with van der Waals surface area (Å²) in [7, 11) is 3.13. The molecule has 1 aliphatic heterocycles. The zero-order valence-corrected chi connectivity index (χ0v) is 13.9. The van der Waals surface area contributed by atoms with Crippen LogP contribution in [0.15, 0.2) is 36.4 Å². The van der Waals surface area contributed by atoms with Crippen LogP contribution in [0, 0.1) is 0 Å². The highest BCUT2D eigenvalue weighted by Crippen LogP contribution is 2.29. The van der Waals surface area contributed by atoms with E-state index < -0.39 is 0 Å². The number of benzene rings is 2. The minimum Gasteiger partial charge on any atom is -0.493 e. The molecule has 2 aromatic rings. The molecule has 0 aliphatic carbocycles. The normalized spacial score (nSPS) is 12.5. The van der Waals surface area contributed by atoms with Crippen LogP contribution < -0.4 is 24.8 Å². The van der Waals surface area contributed by atoms with Gasteiger partial charge in [0, 0.05) is 12.1 Å². The maximum Gasteiger partial charge on any atom is 0.262 e. The topological polar surface area (TPSA) is 85.9 Å². The number of nitrogens with one attached hydrogen (secondary N) is 2. The lowest BCUT2D eigenvalue weighted by Gasteiger charge is -2.18. The monoisotopic (exact) mass is 342 g/mol. The van der Waals surface area contributed by atoms with Crippen LogP contribution in [0.5, 0.6) is 17.2 Å². The van der Waals surface area contributed by atoms with Gasteiger partial charge >= 0.3 is 0 Å². The zero-order valence-electron chi connectivity index (χ0n) is 13.9. The van der Waals surface area contributed by atoms with Gasteiger partial charge in [-0.05, 0) is 35.9 Å². The Bertz CT molecular complexity index is 819. The fourth-order valence-corrected chi connectivity index (χ4v) is 2.49. The van der Waals surface area contributed by atoms with Gasteiger partial charge in [0.05, 0.1) is 19.9 Å². The van der Waals surface area contributed by atoms with Crippen LogP contribution in [0.25, 0.3) is 0 Å². The summed E-state index contributed by atoms with van der Waals surface area (Å²) >= 11 is 0. The minimum atomic E-state index is -0.238. The Morgan fingerprint density at radius 3 is 2.72 bits per heavy atom. The third kappa shape index (κ3) is 3.65. The minimum absolute atomic E-state index is 0.0519. The number of hydrogen-bond donors (Lipinski definition) is 2. The Labute approximate surface area is 144 Å². The van der Waals surface area contributed by atoms with Gasteiger partial charge in [-0.2, -0.15) is 0 Å². The number of hydrogen-bond acceptors (Lipinski definition) is 5. The van der Waals surface area contributed by atoms with Gasteiger partial charge in [0.25, 0.3) is 11.8 Å². The van der Waals surface area contributed by atoms with Crippen molar-refractivity contribution in [2.24, 2.45) is 0 Å². The molecule has 7 heteroatoms. The second-order valence-electron chi connectivity index (χ2n) is 5.42. The molecule has 130 valence electrons. The third-order valence-corrected chi connectivity index (χ3v) is 3.78. The van der Waals surface area contributed by atoms with Gasteiger partial charge < -0.3 is 24.8 Å². The van der Waals surface area contributed by atoms with Crippen LogP contribution in [0.2, 0.25) is 0 Å². The van der Waals surface area contributed by atoms with Crippen molar-refractivity contribution in [1.29, 1.82) is 0 Å². The zero-order chi connectivity index (χ0) is 17.8. The van der Waals surface area contributed by atoms with E-state index in [9.17, 15) is 9.59 Å². The number of carbonyl (C=O) groups excluding carboxylic acids is 2. The van der Waals surface area contributed by atoms with Crippen molar-refractivity contribution in [2.45, 2.75) is 6.54 Å². The summed E-state index contributed by atoms with van der Waals surface area (Å²) in [6.45, 7) is 0.289. The predicted octanol–water partition coefficient (Wildman–Crippen LogP) is 1.96. The first-order valence-corrected chi connectivity index (χ1v) is 7.66.